The third-order valence-electron chi connectivity index (χ3n) is 2.42. The summed E-state index contributed by atoms with van der Waals surface area (Å²) in [5.41, 5.74) is 8.39. The quantitative estimate of drug-likeness (QED) is 0.436. The van der Waals surface area contributed by atoms with Crippen molar-refractivity contribution in [3.05, 3.63) is 23.8 Å². The maximum Gasteiger partial charge on any atom is 0.228 e. The number of nitrogens with two attached hydrogens (primary N) is 1. The Morgan fingerprint density at radius 2 is 2.21 bits per heavy atom. The molecule has 4 heteroatoms. The highest BCUT2D eigenvalue weighted by Gasteiger charge is 2.22. The number of rotatable bonds is 1. The Bertz CT molecular complexity index is 378. The zero-order valence-electron chi connectivity index (χ0n) is 7.66. The number of anilines is 2. The van der Waals surface area contributed by atoms with Gasteiger partial charge < -0.3 is 5.73 Å². The Morgan fingerprint density at radius 1 is 1.43 bits per heavy atom. The van der Waals surface area contributed by atoms with Crippen LogP contribution in [0.4, 0.5) is 11.4 Å². The maximum atomic E-state index is 11.5. The second-order valence-corrected chi connectivity index (χ2v) is 3.57. The molecule has 3 nitrogen and oxygen atoms in total. The van der Waals surface area contributed by atoms with Crippen LogP contribution < -0.4 is 10.6 Å². The third kappa shape index (κ3) is 1.44. The topological polar surface area (TPSA) is 46.3 Å². The Kier molecular flexibility index (Phi) is 2.33. The number of benzene rings is 1. The molecule has 0 unspecified atom stereocenters. The van der Waals surface area contributed by atoms with Gasteiger partial charge in [-0.2, -0.15) is 0 Å². The van der Waals surface area contributed by atoms with E-state index < -0.39 is 0 Å². The fraction of sp³-hybridized carbons (Fsp3) is 0.300. The molecule has 0 saturated carbocycles. The summed E-state index contributed by atoms with van der Waals surface area (Å²) in [6, 6.07) is 5.75. The molecule has 1 amide bonds. The average Bonchev–Trinajstić information content (AvgIpc) is 2.18. The minimum Gasteiger partial charge on any atom is -0.399 e. The van der Waals surface area contributed by atoms with Gasteiger partial charge in [0, 0.05) is 17.8 Å². The number of hydrogen-bond acceptors (Lipinski definition) is 2. The number of hydrogen-bond donors (Lipinski definition) is 1. The summed E-state index contributed by atoms with van der Waals surface area (Å²) in [5, 5.41) is 0. The molecular formula is C10H11ClN2O. The lowest BCUT2D eigenvalue weighted by atomic mass is 10.0. The number of alkyl halides is 1. The van der Waals surface area contributed by atoms with Crippen LogP contribution >= 0.6 is 11.6 Å². The van der Waals surface area contributed by atoms with Crippen LogP contribution in [-0.4, -0.2) is 11.9 Å². The third-order valence-corrected chi connectivity index (χ3v) is 2.66. The van der Waals surface area contributed by atoms with Crippen LogP contribution in [-0.2, 0) is 11.2 Å². The Hall–Kier alpha value is -1.22. The normalized spacial score (nSPS) is 15.5. The predicted octanol–water partition coefficient (Wildman–Crippen LogP) is 1.74. The van der Waals surface area contributed by atoms with Crippen molar-refractivity contribution in [1.29, 1.82) is 0 Å². The highest BCUT2D eigenvalue weighted by Crippen LogP contribution is 2.29. The van der Waals surface area contributed by atoms with Gasteiger partial charge in [0.15, 0.2) is 0 Å². The van der Waals surface area contributed by atoms with E-state index in [1.54, 1.807) is 11.0 Å². The standard InChI is InChI=1S/C10H11ClN2O/c11-6-13-9-3-2-8(12)5-7(9)1-4-10(13)14/h2-3,5H,1,4,6,12H2. The van der Waals surface area contributed by atoms with Crippen LogP contribution in [0.15, 0.2) is 18.2 Å². The molecule has 2 N–H and O–H groups in total. The fourth-order valence-corrected chi connectivity index (χ4v) is 1.97. The molecule has 0 saturated heterocycles. The Labute approximate surface area is 87.4 Å². The molecule has 0 atom stereocenters. The molecule has 74 valence electrons. The van der Waals surface area contributed by atoms with Crippen LogP contribution in [0.1, 0.15) is 12.0 Å². The van der Waals surface area contributed by atoms with Gasteiger partial charge >= 0.3 is 0 Å². The van der Waals surface area contributed by atoms with Gasteiger partial charge in [0.05, 0.1) is 0 Å². The zero-order chi connectivity index (χ0) is 10.1. The molecule has 1 aromatic carbocycles. The van der Waals surface area contributed by atoms with E-state index in [-0.39, 0.29) is 11.9 Å². The predicted molar refractivity (Wildman–Crippen MR) is 57.4 cm³/mol. The van der Waals surface area contributed by atoms with Crippen LogP contribution in [0.3, 0.4) is 0 Å². The first-order valence-electron chi connectivity index (χ1n) is 4.47. The Morgan fingerprint density at radius 3 is 2.93 bits per heavy atom. The summed E-state index contributed by atoms with van der Waals surface area (Å²) in [6.07, 6.45) is 1.27. The lowest BCUT2D eigenvalue weighted by Crippen LogP contribution is -2.33. The molecule has 1 aliphatic heterocycles. The largest absolute Gasteiger partial charge is 0.399 e. The van der Waals surface area contributed by atoms with E-state index in [1.807, 2.05) is 12.1 Å². The van der Waals surface area contributed by atoms with Crippen molar-refractivity contribution < 1.29 is 4.79 Å². The van der Waals surface area contributed by atoms with Crippen molar-refractivity contribution >= 4 is 28.9 Å². The van der Waals surface area contributed by atoms with Gasteiger partial charge in [-0.1, -0.05) is 0 Å². The van der Waals surface area contributed by atoms with Gasteiger partial charge in [0.1, 0.15) is 6.00 Å². The summed E-state index contributed by atoms with van der Waals surface area (Å²) in [5.74, 6) is 0.0808. The number of nitrogens with zero attached hydrogens (tertiary/aromatic N) is 1. The van der Waals surface area contributed by atoms with Crippen molar-refractivity contribution in [3.63, 3.8) is 0 Å². The van der Waals surface area contributed by atoms with Crippen LogP contribution in [0.5, 0.6) is 0 Å². The van der Waals surface area contributed by atoms with Crippen molar-refractivity contribution in [3.8, 4) is 0 Å². The van der Waals surface area contributed by atoms with Crippen LogP contribution in [0.25, 0.3) is 0 Å². The maximum absolute atomic E-state index is 11.5. The number of fused-ring (bicyclic) bond motifs is 1. The Balaban J connectivity index is 2.47. The molecule has 14 heavy (non-hydrogen) atoms. The second-order valence-electron chi connectivity index (χ2n) is 3.33. The van der Waals surface area contributed by atoms with E-state index in [9.17, 15) is 4.79 Å². The van der Waals surface area contributed by atoms with Crippen LogP contribution in [0.2, 0.25) is 0 Å². The van der Waals surface area contributed by atoms with Gasteiger partial charge in [-0.15, -0.1) is 11.6 Å². The number of halogens is 1. The molecule has 0 radical (unpaired) electrons. The summed E-state index contributed by atoms with van der Waals surface area (Å²) < 4.78 is 0. The number of carbonyl (C=O) groups excluding carboxylic acids is 1. The first kappa shape index (κ1) is 9.34. The molecule has 0 bridgehead atoms. The van der Waals surface area contributed by atoms with E-state index in [4.69, 9.17) is 17.3 Å². The van der Waals surface area contributed by atoms with Gasteiger partial charge in [0.25, 0.3) is 0 Å². The molecular weight excluding hydrogens is 200 g/mol. The number of carbonyl (C=O) groups is 1. The van der Waals surface area contributed by atoms with Gasteiger partial charge in [-0.3, -0.25) is 9.69 Å². The summed E-state index contributed by atoms with van der Waals surface area (Å²) in [6.45, 7) is 0. The van der Waals surface area contributed by atoms with E-state index in [0.29, 0.717) is 6.42 Å². The molecule has 1 aromatic rings. The number of aryl methyl sites for hydroxylation is 1. The van der Waals surface area contributed by atoms with Crippen molar-refractivity contribution in [1.82, 2.24) is 0 Å². The molecule has 0 fully saturated rings. The second kappa shape index (κ2) is 3.50. The molecule has 0 spiro atoms. The van der Waals surface area contributed by atoms with E-state index in [1.165, 1.54) is 0 Å². The molecule has 1 heterocycles. The first-order valence-corrected chi connectivity index (χ1v) is 5.00. The molecule has 1 aliphatic rings. The number of nitrogen functional groups attached to an aromatic ring is 1. The summed E-state index contributed by atoms with van der Waals surface area (Å²) >= 11 is 5.72. The smallest absolute Gasteiger partial charge is 0.228 e. The molecule has 2 rings (SSSR count). The lowest BCUT2D eigenvalue weighted by Gasteiger charge is -2.27. The zero-order valence-corrected chi connectivity index (χ0v) is 8.42. The highest BCUT2D eigenvalue weighted by molar-refractivity contribution is 6.21. The van der Waals surface area contributed by atoms with E-state index in [0.717, 1.165) is 23.4 Å². The van der Waals surface area contributed by atoms with Gasteiger partial charge in [-0.25, -0.2) is 0 Å². The molecule has 0 aliphatic carbocycles. The fourth-order valence-electron chi connectivity index (χ4n) is 1.71. The van der Waals surface area contributed by atoms with Crippen molar-refractivity contribution in [2.24, 2.45) is 0 Å². The van der Waals surface area contributed by atoms with Crippen LogP contribution in [0, 0.1) is 0 Å². The van der Waals surface area contributed by atoms with Gasteiger partial charge in [0.2, 0.25) is 5.91 Å². The minimum absolute atomic E-state index is 0.0808. The number of amides is 1. The summed E-state index contributed by atoms with van der Waals surface area (Å²) in [7, 11) is 0. The van der Waals surface area contributed by atoms with E-state index >= 15 is 0 Å². The van der Waals surface area contributed by atoms with Gasteiger partial charge in [-0.05, 0) is 30.2 Å². The van der Waals surface area contributed by atoms with E-state index in [2.05, 4.69) is 0 Å². The van der Waals surface area contributed by atoms with Crippen molar-refractivity contribution in [2.75, 3.05) is 16.6 Å². The minimum atomic E-state index is 0.0808. The highest BCUT2D eigenvalue weighted by atomic mass is 35.5. The average molecular weight is 211 g/mol. The monoisotopic (exact) mass is 210 g/mol. The first-order chi connectivity index (χ1) is 6.72. The summed E-state index contributed by atoms with van der Waals surface area (Å²) in [4.78, 5) is 13.1. The lowest BCUT2D eigenvalue weighted by molar-refractivity contribution is -0.118. The van der Waals surface area contributed by atoms with Crippen molar-refractivity contribution in [2.45, 2.75) is 12.8 Å². The molecule has 0 aromatic heterocycles. The SMILES string of the molecule is Nc1ccc2c(c1)CCC(=O)N2CCl.